The van der Waals surface area contributed by atoms with Gasteiger partial charge in [-0.05, 0) is 44.4 Å². The Labute approximate surface area is 129 Å². The fourth-order valence-electron chi connectivity index (χ4n) is 2.70. The fraction of sp³-hybridized carbons (Fsp3) is 0.375. The Balaban J connectivity index is 2.23. The van der Waals surface area contributed by atoms with E-state index in [9.17, 15) is 13.2 Å². The summed E-state index contributed by atoms with van der Waals surface area (Å²) in [5.41, 5.74) is 4.03. The first-order valence-corrected chi connectivity index (χ1v) is 9.08. The van der Waals surface area contributed by atoms with Crippen molar-refractivity contribution in [3.05, 3.63) is 40.6 Å². The van der Waals surface area contributed by atoms with Crippen LogP contribution in [0.25, 0.3) is 10.9 Å². The van der Waals surface area contributed by atoms with Crippen molar-refractivity contribution in [2.45, 2.75) is 32.6 Å². The zero-order valence-electron chi connectivity index (χ0n) is 12.8. The van der Waals surface area contributed by atoms with Gasteiger partial charge in [0.2, 0.25) is 10.0 Å². The molecule has 0 aliphatic heterocycles. The molecule has 1 aliphatic rings. The summed E-state index contributed by atoms with van der Waals surface area (Å²) < 4.78 is 24.8. The molecular weight excluding hydrogens is 300 g/mol. The van der Waals surface area contributed by atoms with Crippen molar-refractivity contribution in [2.24, 2.45) is 0 Å². The first kappa shape index (κ1) is 15.0. The van der Waals surface area contributed by atoms with Crippen LogP contribution in [-0.2, 0) is 10.0 Å². The Kier molecular flexibility index (Phi) is 3.44. The van der Waals surface area contributed by atoms with Gasteiger partial charge in [0.15, 0.2) is 0 Å². The molecule has 5 nitrogen and oxygen atoms in total. The summed E-state index contributed by atoms with van der Waals surface area (Å²) in [6.45, 7) is 3.90. The number of nitrogens with one attached hydrogen (secondary N) is 1. The first-order chi connectivity index (χ1) is 10.2. The topological polar surface area (TPSA) is 76.1 Å². The summed E-state index contributed by atoms with van der Waals surface area (Å²) >= 11 is 0. The highest BCUT2D eigenvalue weighted by atomic mass is 32.2. The molecule has 1 N–H and O–H groups in total. The Hall–Kier alpha value is -1.95. The van der Waals surface area contributed by atoms with Crippen LogP contribution in [0, 0.1) is 13.8 Å². The molecule has 0 atom stereocenters. The van der Waals surface area contributed by atoms with Gasteiger partial charge in [-0.15, -0.1) is 0 Å². The van der Waals surface area contributed by atoms with Gasteiger partial charge in [0.1, 0.15) is 0 Å². The normalized spacial score (nSPS) is 15.0. The van der Waals surface area contributed by atoms with Gasteiger partial charge in [0.25, 0.3) is 5.91 Å². The number of fused-ring (bicyclic) bond motifs is 1. The summed E-state index contributed by atoms with van der Waals surface area (Å²) in [4.78, 5) is 17.1. The molecule has 0 spiro atoms. The van der Waals surface area contributed by atoms with Crippen molar-refractivity contribution in [1.82, 2.24) is 9.71 Å². The van der Waals surface area contributed by atoms with Crippen molar-refractivity contribution in [3.63, 3.8) is 0 Å². The second kappa shape index (κ2) is 5.05. The maximum Gasteiger partial charge on any atom is 0.265 e. The van der Waals surface area contributed by atoms with E-state index in [1.54, 1.807) is 6.07 Å². The smallest absolute Gasteiger partial charge is 0.265 e. The number of nitrogens with zero attached hydrogens (tertiary/aromatic N) is 1. The second-order valence-electron chi connectivity index (χ2n) is 6.05. The van der Waals surface area contributed by atoms with Crippen LogP contribution < -0.4 is 4.72 Å². The van der Waals surface area contributed by atoms with E-state index in [0.717, 1.165) is 41.4 Å². The van der Waals surface area contributed by atoms with E-state index >= 15 is 0 Å². The molecule has 116 valence electrons. The Morgan fingerprint density at radius 2 is 1.91 bits per heavy atom. The SMILES string of the molecule is Cc1cc(C)c2nc(C3CC3)cc(C(=O)NS(C)(=O)=O)c2c1. The summed E-state index contributed by atoms with van der Waals surface area (Å²) in [6.07, 6.45) is 3.11. The van der Waals surface area contributed by atoms with Crippen LogP contribution in [0.4, 0.5) is 0 Å². The molecule has 0 unspecified atom stereocenters. The number of amides is 1. The molecule has 6 heteroatoms. The predicted molar refractivity (Wildman–Crippen MR) is 85.5 cm³/mol. The van der Waals surface area contributed by atoms with E-state index in [1.165, 1.54) is 0 Å². The number of rotatable bonds is 3. The maximum atomic E-state index is 12.4. The van der Waals surface area contributed by atoms with Crippen molar-refractivity contribution in [3.8, 4) is 0 Å². The summed E-state index contributed by atoms with van der Waals surface area (Å²) in [7, 11) is -3.60. The van der Waals surface area contributed by atoms with E-state index in [2.05, 4.69) is 9.71 Å². The molecule has 22 heavy (non-hydrogen) atoms. The lowest BCUT2D eigenvalue weighted by Gasteiger charge is -2.12. The highest BCUT2D eigenvalue weighted by Crippen LogP contribution is 2.40. The van der Waals surface area contributed by atoms with Crippen LogP contribution in [0.3, 0.4) is 0 Å². The molecule has 1 aromatic carbocycles. The lowest BCUT2D eigenvalue weighted by Crippen LogP contribution is -2.29. The van der Waals surface area contributed by atoms with Crippen molar-refractivity contribution in [1.29, 1.82) is 0 Å². The molecule has 0 bridgehead atoms. The number of pyridine rings is 1. The molecule has 1 aliphatic carbocycles. The zero-order chi connectivity index (χ0) is 16.1. The standard InChI is InChI=1S/C16H18N2O3S/c1-9-6-10(2)15-12(7-9)13(16(19)18-22(3,20)21)8-14(17-15)11-4-5-11/h6-8,11H,4-5H2,1-3H3,(H,18,19). The third kappa shape index (κ3) is 2.97. The average molecular weight is 318 g/mol. The van der Waals surface area contributed by atoms with Crippen LogP contribution in [0.2, 0.25) is 0 Å². The first-order valence-electron chi connectivity index (χ1n) is 7.18. The number of aryl methyl sites for hydroxylation is 2. The number of benzene rings is 1. The van der Waals surface area contributed by atoms with Gasteiger partial charge >= 0.3 is 0 Å². The summed E-state index contributed by atoms with van der Waals surface area (Å²) in [5, 5.41) is 0.697. The van der Waals surface area contributed by atoms with Crippen LogP contribution >= 0.6 is 0 Å². The Bertz CT molecular complexity index is 884. The van der Waals surface area contributed by atoms with Gasteiger partial charge in [0.05, 0.1) is 17.3 Å². The van der Waals surface area contributed by atoms with Crippen LogP contribution in [0.5, 0.6) is 0 Å². The summed E-state index contributed by atoms with van der Waals surface area (Å²) in [5.74, 6) is -0.211. The second-order valence-corrected chi connectivity index (χ2v) is 7.80. The maximum absolute atomic E-state index is 12.4. The molecule has 1 aromatic heterocycles. The fourth-order valence-corrected chi connectivity index (χ4v) is 3.15. The minimum Gasteiger partial charge on any atom is -0.268 e. The van der Waals surface area contributed by atoms with E-state index in [0.29, 0.717) is 16.9 Å². The number of aromatic nitrogens is 1. The number of carbonyl (C=O) groups is 1. The third-order valence-electron chi connectivity index (χ3n) is 3.79. The highest BCUT2D eigenvalue weighted by Gasteiger charge is 2.27. The van der Waals surface area contributed by atoms with Crippen LogP contribution in [-0.4, -0.2) is 25.6 Å². The van der Waals surface area contributed by atoms with Gasteiger partial charge in [0, 0.05) is 17.0 Å². The van der Waals surface area contributed by atoms with E-state index < -0.39 is 15.9 Å². The lowest BCUT2D eigenvalue weighted by atomic mass is 10.0. The minimum atomic E-state index is -3.60. The number of sulfonamides is 1. The van der Waals surface area contributed by atoms with Gasteiger partial charge in [-0.1, -0.05) is 11.6 Å². The average Bonchev–Trinajstić information content (AvgIpc) is 3.19. The molecule has 1 heterocycles. The van der Waals surface area contributed by atoms with Crippen LogP contribution in [0.15, 0.2) is 18.2 Å². The molecule has 0 saturated heterocycles. The van der Waals surface area contributed by atoms with E-state index in [4.69, 9.17) is 0 Å². The highest BCUT2D eigenvalue weighted by molar-refractivity contribution is 7.89. The van der Waals surface area contributed by atoms with Crippen molar-refractivity contribution in [2.75, 3.05) is 6.26 Å². The Morgan fingerprint density at radius 1 is 1.23 bits per heavy atom. The molecule has 3 rings (SSSR count). The quantitative estimate of drug-likeness (QED) is 0.943. The van der Waals surface area contributed by atoms with Gasteiger partial charge in [-0.25, -0.2) is 13.1 Å². The summed E-state index contributed by atoms with van der Waals surface area (Å²) in [6, 6.07) is 5.63. The predicted octanol–water partition coefficient (Wildman–Crippen LogP) is 2.42. The van der Waals surface area contributed by atoms with Gasteiger partial charge in [-0.2, -0.15) is 0 Å². The third-order valence-corrected chi connectivity index (χ3v) is 4.34. The monoisotopic (exact) mass is 318 g/mol. The zero-order valence-corrected chi connectivity index (χ0v) is 13.6. The minimum absolute atomic E-state index is 0.379. The number of hydrogen-bond acceptors (Lipinski definition) is 4. The van der Waals surface area contributed by atoms with Crippen LogP contribution in [0.1, 0.15) is 45.9 Å². The molecular formula is C16H18N2O3S. The van der Waals surface area contributed by atoms with Gasteiger partial charge in [-0.3, -0.25) is 9.78 Å². The van der Waals surface area contributed by atoms with Crippen molar-refractivity contribution < 1.29 is 13.2 Å². The molecule has 1 fully saturated rings. The molecule has 1 saturated carbocycles. The van der Waals surface area contributed by atoms with E-state index in [1.807, 2.05) is 26.0 Å². The largest absolute Gasteiger partial charge is 0.268 e. The molecule has 1 amide bonds. The van der Waals surface area contributed by atoms with Gasteiger partial charge < -0.3 is 0 Å². The van der Waals surface area contributed by atoms with Crippen molar-refractivity contribution >= 4 is 26.8 Å². The number of hydrogen-bond donors (Lipinski definition) is 1. The lowest BCUT2D eigenvalue weighted by molar-refractivity contribution is 0.0983. The number of carbonyl (C=O) groups excluding carboxylic acids is 1. The molecule has 0 radical (unpaired) electrons. The molecule has 2 aromatic rings. The Morgan fingerprint density at radius 3 is 2.50 bits per heavy atom. The van der Waals surface area contributed by atoms with E-state index in [-0.39, 0.29) is 0 Å².